The van der Waals surface area contributed by atoms with E-state index in [9.17, 15) is 9.59 Å². The molecular weight excluding hydrogens is 292 g/mol. The zero-order valence-electron chi connectivity index (χ0n) is 13.0. The average molecular weight is 320 g/mol. The second kappa shape index (κ2) is 14.7. The van der Waals surface area contributed by atoms with Crippen LogP contribution < -0.4 is 0 Å². The molecule has 22 heavy (non-hydrogen) atoms. The molecule has 0 aliphatic carbocycles. The van der Waals surface area contributed by atoms with Crippen molar-refractivity contribution in [1.29, 1.82) is 0 Å². The van der Waals surface area contributed by atoms with Gasteiger partial charge in [0.1, 0.15) is 19.3 Å². The third kappa shape index (κ3) is 13.8. The lowest BCUT2D eigenvalue weighted by atomic mass is 10.1. The van der Waals surface area contributed by atoms with E-state index in [2.05, 4.69) is 0 Å². The van der Waals surface area contributed by atoms with Crippen molar-refractivity contribution < 1.29 is 34.4 Å². The summed E-state index contributed by atoms with van der Waals surface area (Å²) in [6.45, 7) is -0.667. The molecule has 0 heterocycles. The van der Waals surface area contributed by atoms with Crippen LogP contribution in [0.1, 0.15) is 51.4 Å². The van der Waals surface area contributed by atoms with Crippen molar-refractivity contribution in [2.75, 3.05) is 26.4 Å². The summed E-state index contributed by atoms with van der Waals surface area (Å²) in [6.07, 6.45) is 4.99. The Hall–Kier alpha value is -1.18. The van der Waals surface area contributed by atoms with E-state index in [4.69, 9.17) is 24.8 Å². The molecule has 0 spiro atoms. The van der Waals surface area contributed by atoms with Crippen molar-refractivity contribution in [3.63, 3.8) is 0 Å². The highest BCUT2D eigenvalue weighted by molar-refractivity contribution is 5.69. The van der Waals surface area contributed by atoms with Gasteiger partial charge in [-0.3, -0.25) is 9.59 Å². The first-order chi connectivity index (χ1) is 10.6. The van der Waals surface area contributed by atoms with Crippen molar-refractivity contribution in [3.8, 4) is 0 Å². The van der Waals surface area contributed by atoms with Crippen LogP contribution in [0.5, 0.6) is 0 Å². The topological polar surface area (TPSA) is 113 Å². The molecule has 7 heteroatoms. The summed E-state index contributed by atoms with van der Waals surface area (Å²) in [5.41, 5.74) is 0. The van der Waals surface area contributed by atoms with Crippen LogP contribution in [0.4, 0.5) is 0 Å². The first kappa shape index (κ1) is 20.8. The van der Waals surface area contributed by atoms with E-state index in [1.807, 2.05) is 0 Å². The fourth-order valence-electron chi connectivity index (χ4n) is 1.79. The largest absolute Gasteiger partial charge is 0.463 e. The summed E-state index contributed by atoms with van der Waals surface area (Å²) in [4.78, 5) is 22.4. The number of carbonyl (C=O) groups excluding carboxylic acids is 2. The first-order valence-corrected chi connectivity index (χ1v) is 7.81. The minimum atomic E-state index is -1.01. The molecule has 0 amide bonds. The van der Waals surface area contributed by atoms with Crippen LogP contribution >= 0.6 is 0 Å². The molecule has 0 aromatic carbocycles. The minimum absolute atomic E-state index is 0.0598. The number of rotatable bonds is 14. The van der Waals surface area contributed by atoms with Crippen LogP contribution in [-0.2, 0) is 19.1 Å². The van der Waals surface area contributed by atoms with Gasteiger partial charge in [0.25, 0.3) is 0 Å². The average Bonchev–Trinajstić information content (AvgIpc) is 2.52. The van der Waals surface area contributed by atoms with Gasteiger partial charge in [0, 0.05) is 12.8 Å². The fraction of sp³-hybridized carbons (Fsp3) is 0.867. The minimum Gasteiger partial charge on any atom is -0.463 e. The van der Waals surface area contributed by atoms with Gasteiger partial charge in [-0.25, -0.2) is 0 Å². The molecule has 0 saturated heterocycles. The van der Waals surface area contributed by atoms with E-state index >= 15 is 0 Å². The predicted molar refractivity (Wildman–Crippen MR) is 79.0 cm³/mol. The van der Waals surface area contributed by atoms with Gasteiger partial charge in [0.05, 0.1) is 13.2 Å². The van der Waals surface area contributed by atoms with Crippen LogP contribution in [0, 0.1) is 0 Å². The highest BCUT2D eigenvalue weighted by Gasteiger charge is 2.07. The molecule has 0 fully saturated rings. The van der Waals surface area contributed by atoms with Crippen molar-refractivity contribution in [2.24, 2.45) is 0 Å². The number of unbranched alkanes of at least 4 members (excludes halogenated alkanes) is 5. The molecule has 0 aromatic heterocycles. The predicted octanol–water partition coefficient (Wildman–Crippen LogP) is 0.539. The smallest absolute Gasteiger partial charge is 0.305 e. The summed E-state index contributed by atoms with van der Waals surface area (Å²) in [6, 6.07) is 0. The van der Waals surface area contributed by atoms with E-state index < -0.39 is 12.7 Å². The van der Waals surface area contributed by atoms with Crippen LogP contribution in [0.25, 0.3) is 0 Å². The highest BCUT2D eigenvalue weighted by Crippen LogP contribution is 2.09. The Morgan fingerprint density at radius 3 is 1.82 bits per heavy atom. The number of hydrogen-bond donors (Lipinski definition) is 3. The lowest BCUT2D eigenvalue weighted by Crippen LogP contribution is -2.21. The van der Waals surface area contributed by atoms with Crippen molar-refractivity contribution in [1.82, 2.24) is 0 Å². The van der Waals surface area contributed by atoms with Crippen LogP contribution in [0.15, 0.2) is 0 Å². The Morgan fingerprint density at radius 1 is 0.818 bits per heavy atom. The maximum atomic E-state index is 11.3. The Labute approximate surface area is 131 Å². The Balaban J connectivity index is 3.29. The number of carbonyl (C=O) groups is 2. The zero-order valence-corrected chi connectivity index (χ0v) is 13.0. The van der Waals surface area contributed by atoms with E-state index in [0.29, 0.717) is 12.8 Å². The summed E-state index contributed by atoms with van der Waals surface area (Å²) in [5.74, 6) is -0.638. The molecule has 0 radical (unpaired) electrons. The number of esters is 2. The normalized spacial score (nSPS) is 12.0. The quantitative estimate of drug-likeness (QED) is 0.316. The number of ether oxygens (including phenoxy) is 2. The zero-order chi connectivity index (χ0) is 16.6. The second-order valence-corrected chi connectivity index (χ2v) is 5.08. The highest BCUT2D eigenvalue weighted by atomic mass is 16.5. The SMILES string of the molecule is O=C(CCCCCCCCC(=O)OCC(O)CO)OCCO. The van der Waals surface area contributed by atoms with Gasteiger partial charge in [-0.15, -0.1) is 0 Å². The molecule has 0 aliphatic rings. The van der Waals surface area contributed by atoms with Crippen molar-refractivity contribution in [3.05, 3.63) is 0 Å². The maximum Gasteiger partial charge on any atom is 0.305 e. The van der Waals surface area contributed by atoms with Crippen LogP contribution in [0.2, 0.25) is 0 Å². The van der Waals surface area contributed by atoms with Gasteiger partial charge in [0.15, 0.2) is 0 Å². The summed E-state index contributed by atoms with van der Waals surface area (Å²) in [7, 11) is 0. The molecule has 1 unspecified atom stereocenters. The molecule has 1 atom stereocenters. The molecule has 130 valence electrons. The molecule has 7 nitrogen and oxygen atoms in total. The van der Waals surface area contributed by atoms with Crippen LogP contribution in [0.3, 0.4) is 0 Å². The monoisotopic (exact) mass is 320 g/mol. The third-order valence-electron chi connectivity index (χ3n) is 3.01. The molecule has 0 rings (SSSR count). The maximum absolute atomic E-state index is 11.3. The van der Waals surface area contributed by atoms with Gasteiger partial charge in [0.2, 0.25) is 0 Å². The van der Waals surface area contributed by atoms with E-state index in [1.165, 1.54) is 0 Å². The molecule has 0 aliphatic heterocycles. The summed E-state index contributed by atoms with van der Waals surface area (Å²) in [5, 5.41) is 26.1. The van der Waals surface area contributed by atoms with Gasteiger partial charge >= 0.3 is 11.9 Å². The van der Waals surface area contributed by atoms with Gasteiger partial charge in [-0.2, -0.15) is 0 Å². The first-order valence-electron chi connectivity index (χ1n) is 7.81. The Bertz CT molecular complexity index is 294. The Morgan fingerprint density at radius 2 is 1.32 bits per heavy atom. The number of aliphatic hydroxyl groups is 3. The lowest BCUT2D eigenvalue weighted by Gasteiger charge is -2.08. The van der Waals surface area contributed by atoms with Crippen molar-refractivity contribution >= 4 is 11.9 Å². The van der Waals surface area contributed by atoms with E-state index in [1.54, 1.807) is 0 Å². The molecule has 0 bridgehead atoms. The van der Waals surface area contributed by atoms with E-state index in [-0.39, 0.29) is 31.8 Å². The lowest BCUT2D eigenvalue weighted by molar-refractivity contribution is -0.147. The number of aliphatic hydroxyl groups excluding tert-OH is 3. The number of hydrogen-bond acceptors (Lipinski definition) is 7. The van der Waals surface area contributed by atoms with Crippen molar-refractivity contribution in [2.45, 2.75) is 57.5 Å². The summed E-state index contributed by atoms with van der Waals surface area (Å²) >= 11 is 0. The fourth-order valence-corrected chi connectivity index (χ4v) is 1.79. The van der Waals surface area contributed by atoms with Gasteiger partial charge in [-0.05, 0) is 12.8 Å². The Kier molecular flexibility index (Phi) is 14.0. The molecule has 0 saturated carbocycles. The molecule has 0 aromatic rings. The molecule has 3 N–H and O–H groups in total. The van der Waals surface area contributed by atoms with Gasteiger partial charge in [-0.1, -0.05) is 25.7 Å². The van der Waals surface area contributed by atoms with Gasteiger partial charge < -0.3 is 24.8 Å². The molecular formula is C15H28O7. The summed E-state index contributed by atoms with van der Waals surface area (Å²) < 4.78 is 9.52. The second-order valence-electron chi connectivity index (χ2n) is 5.08. The third-order valence-corrected chi connectivity index (χ3v) is 3.01. The standard InChI is InChI=1S/C15H28O7/c16-9-10-21-14(19)7-5-3-1-2-4-6-8-15(20)22-12-13(18)11-17/h13,16-18H,1-12H2. The van der Waals surface area contributed by atoms with E-state index in [0.717, 1.165) is 38.5 Å². The van der Waals surface area contributed by atoms with Crippen LogP contribution in [-0.4, -0.2) is 59.8 Å².